The molecule has 1 amide bonds. The van der Waals surface area contributed by atoms with Crippen molar-refractivity contribution in [3.8, 4) is 0 Å². The molecule has 144 valence electrons. The van der Waals surface area contributed by atoms with Crippen LogP contribution in [0.5, 0.6) is 0 Å². The predicted octanol–water partition coefficient (Wildman–Crippen LogP) is 4.05. The summed E-state index contributed by atoms with van der Waals surface area (Å²) in [5, 5.41) is 1.01. The number of carbonyl (C=O) groups excluding carboxylic acids is 1. The Labute approximate surface area is 168 Å². The van der Waals surface area contributed by atoms with E-state index in [1.165, 1.54) is 0 Å². The summed E-state index contributed by atoms with van der Waals surface area (Å²) in [5.41, 5.74) is 2.80. The zero-order valence-corrected chi connectivity index (χ0v) is 16.6. The molecule has 1 spiro atoms. The normalized spacial score (nSPS) is 20.6. The Morgan fingerprint density at radius 3 is 2.96 bits per heavy atom. The van der Waals surface area contributed by atoms with E-state index in [2.05, 4.69) is 4.98 Å². The SMILES string of the molecule is Cc1c(C(=O)N2CC3(C[C@@H](OCc4cccnc4)CS3)C2)oc2ccccc12. The quantitative estimate of drug-likeness (QED) is 0.668. The first kappa shape index (κ1) is 17.8. The summed E-state index contributed by atoms with van der Waals surface area (Å²) < 4.78 is 12.1. The zero-order valence-electron chi connectivity index (χ0n) is 15.8. The van der Waals surface area contributed by atoms with E-state index in [0.717, 1.165) is 47.4 Å². The summed E-state index contributed by atoms with van der Waals surface area (Å²) in [7, 11) is 0. The molecule has 0 bridgehead atoms. The molecule has 2 aromatic heterocycles. The number of fused-ring (bicyclic) bond motifs is 1. The van der Waals surface area contributed by atoms with Gasteiger partial charge < -0.3 is 14.1 Å². The lowest BCUT2D eigenvalue weighted by atomic mass is 9.92. The standard InChI is InChI=1S/C22H22N2O3S/c1-15-18-6-2-3-7-19(18)27-20(15)21(25)24-13-22(14-24)9-17(12-28-22)26-11-16-5-4-8-23-10-16/h2-8,10,17H,9,11-14H2,1H3/t17-/m1/s1. The van der Waals surface area contributed by atoms with E-state index in [4.69, 9.17) is 9.15 Å². The van der Waals surface area contributed by atoms with Crippen LogP contribution in [0.4, 0.5) is 0 Å². The number of aryl methyl sites for hydroxylation is 1. The third-order valence-corrected chi connectivity index (χ3v) is 7.24. The van der Waals surface area contributed by atoms with Crippen LogP contribution in [0.15, 0.2) is 53.2 Å². The molecule has 2 saturated heterocycles. The molecule has 1 atom stereocenters. The maximum atomic E-state index is 12.9. The Balaban J connectivity index is 1.20. The fraction of sp³-hybridized carbons (Fsp3) is 0.364. The van der Waals surface area contributed by atoms with Crippen LogP contribution in [-0.2, 0) is 11.3 Å². The van der Waals surface area contributed by atoms with Crippen LogP contribution in [0.3, 0.4) is 0 Å². The molecule has 0 unspecified atom stereocenters. The first-order valence-corrected chi connectivity index (χ1v) is 10.5. The molecule has 0 N–H and O–H groups in total. The lowest BCUT2D eigenvalue weighted by molar-refractivity contribution is 0.0243. The summed E-state index contributed by atoms with van der Waals surface area (Å²) in [5.74, 6) is 1.45. The van der Waals surface area contributed by atoms with Gasteiger partial charge in [-0.25, -0.2) is 0 Å². The zero-order chi connectivity index (χ0) is 19.1. The van der Waals surface area contributed by atoms with Gasteiger partial charge in [0.15, 0.2) is 5.76 Å². The van der Waals surface area contributed by atoms with Gasteiger partial charge in [0, 0.05) is 42.2 Å². The summed E-state index contributed by atoms with van der Waals surface area (Å²) in [6.45, 7) is 4.08. The van der Waals surface area contributed by atoms with Gasteiger partial charge in [0.05, 0.1) is 17.5 Å². The number of hydrogen-bond donors (Lipinski definition) is 0. The average Bonchev–Trinajstić information content (AvgIpc) is 3.28. The van der Waals surface area contributed by atoms with Crippen LogP contribution in [0.2, 0.25) is 0 Å². The molecule has 0 saturated carbocycles. The van der Waals surface area contributed by atoms with Crippen LogP contribution in [0.25, 0.3) is 11.0 Å². The molecule has 2 fully saturated rings. The van der Waals surface area contributed by atoms with Crippen molar-refractivity contribution < 1.29 is 13.9 Å². The van der Waals surface area contributed by atoms with Crippen LogP contribution in [-0.4, -0.2) is 45.5 Å². The van der Waals surface area contributed by atoms with E-state index in [9.17, 15) is 4.79 Å². The number of aromatic nitrogens is 1. The minimum Gasteiger partial charge on any atom is -0.451 e. The Morgan fingerprint density at radius 1 is 1.32 bits per heavy atom. The largest absolute Gasteiger partial charge is 0.451 e. The van der Waals surface area contributed by atoms with Crippen LogP contribution < -0.4 is 0 Å². The van der Waals surface area contributed by atoms with Crippen molar-refractivity contribution in [1.82, 2.24) is 9.88 Å². The molecule has 0 radical (unpaired) electrons. The maximum absolute atomic E-state index is 12.9. The number of amides is 1. The topological polar surface area (TPSA) is 55.6 Å². The predicted molar refractivity (Wildman–Crippen MR) is 109 cm³/mol. The van der Waals surface area contributed by atoms with Gasteiger partial charge >= 0.3 is 0 Å². The van der Waals surface area contributed by atoms with E-state index < -0.39 is 0 Å². The Bertz CT molecular complexity index is 1010. The van der Waals surface area contributed by atoms with Gasteiger partial charge in [-0.05, 0) is 31.0 Å². The molecule has 1 aromatic carbocycles. The van der Waals surface area contributed by atoms with Crippen molar-refractivity contribution in [1.29, 1.82) is 0 Å². The van der Waals surface area contributed by atoms with Crippen molar-refractivity contribution in [3.05, 3.63) is 65.7 Å². The van der Waals surface area contributed by atoms with Gasteiger partial charge in [-0.1, -0.05) is 24.3 Å². The number of ether oxygens (including phenoxy) is 1. The number of carbonyl (C=O) groups is 1. The van der Waals surface area contributed by atoms with Crippen LogP contribution >= 0.6 is 11.8 Å². The second-order valence-corrected chi connectivity index (χ2v) is 9.19. The summed E-state index contributed by atoms with van der Waals surface area (Å²) in [6, 6.07) is 11.8. The minimum absolute atomic E-state index is 0.000321. The Morgan fingerprint density at radius 2 is 2.18 bits per heavy atom. The van der Waals surface area contributed by atoms with E-state index >= 15 is 0 Å². The van der Waals surface area contributed by atoms with Gasteiger partial charge in [-0.3, -0.25) is 9.78 Å². The Hall–Kier alpha value is -2.31. The van der Waals surface area contributed by atoms with Crippen LogP contribution in [0.1, 0.15) is 28.1 Å². The number of nitrogens with zero attached hydrogens (tertiary/aromatic N) is 2. The van der Waals surface area contributed by atoms with Crippen LogP contribution in [0, 0.1) is 6.92 Å². The van der Waals surface area contributed by atoms with Crippen molar-refractivity contribution >= 4 is 28.6 Å². The number of likely N-dealkylation sites (tertiary alicyclic amines) is 1. The second-order valence-electron chi connectivity index (χ2n) is 7.71. The molecule has 2 aliphatic heterocycles. The number of pyridine rings is 1. The molecular weight excluding hydrogens is 372 g/mol. The molecular formula is C22H22N2O3S. The number of para-hydroxylation sites is 1. The molecule has 2 aliphatic rings. The minimum atomic E-state index is -0.000321. The number of thioether (sulfide) groups is 1. The first-order valence-electron chi connectivity index (χ1n) is 9.55. The molecule has 28 heavy (non-hydrogen) atoms. The van der Waals surface area contributed by atoms with Gasteiger partial charge in [0.25, 0.3) is 5.91 Å². The first-order chi connectivity index (χ1) is 13.6. The highest BCUT2D eigenvalue weighted by atomic mass is 32.2. The van der Waals surface area contributed by atoms with E-state index in [1.807, 2.05) is 66.2 Å². The van der Waals surface area contributed by atoms with E-state index in [0.29, 0.717) is 12.4 Å². The van der Waals surface area contributed by atoms with Crippen molar-refractivity contribution in [3.63, 3.8) is 0 Å². The number of rotatable bonds is 4. The molecule has 5 rings (SSSR count). The van der Waals surface area contributed by atoms with Gasteiger partial charge in [-0.2, -0.15) is 0 Å². The third-order valence-electron chi connectivity index (χ3n) is 5.67. The lowest BCUT2D eigenvalue weighted by Gasteiger charge is -2.47. The third kappa shape index (κ3) is 3.10. The second kappa shape index (κ2) is 6.94. The van der Waals surface area contributed by atoms with Gasteiger partial charge in [0.2, 0.25) is 0 Å². The summed E-state index contributed by atoms with van der Waals surface area (Å²) >= 11 is 1.94. The van der Waals surface area contributed by atoms with Crippen molar-refractivity contribution in [2.24, 2.45) is 0 Å². The summed E-state index contributed by atoms with van der Waals surface area (Å²) in [6.07, 6.45) is 4.83. The van der Waals surface area contributed by atoms with E-state index in [1.54, 1.807) is 6.20 Å². The highest BCUT2D eigenvalue weighted by Crippen LogP contribution is 2.46. The fourth-order valence-corrected chi connectivity index (χ4v) is 5.69. The smallest absolute Gasteiger partial charge is 0.289 e. The Kier molecular flexibility index (Phi) is 4.40. The highest BCUT2D eigenvalue weighted by molar-refractivity contribution is 8.01. The van der Waals surface area contributed by atoms with Crippen molar-refractivity contribution in [2.75, 3.05) is 18.8 Å². The molecule has 6 heteroatoms. The van der Waals surface area contributed by atoms with Gasteiger partial charge in [0.1, 0.15) is 5.58 Å². The molecule has 4 heterocycles. The van der Waals surface area contributed by atoms with E-state index in [-0.39, 0.29) is 16.8 Å². The monoisotopic (exact) mass is 394 g/mol. The molecule has 3 aromatic rings. The number of furan rings is 1. The average molecular weight is 394 g/mol. The number of benzene rings is 1. The fourth-order valence-electron chi connectivity index (χ4n) is 4.14. The lowest BCUT2D eigenvalue weighted by Crippen LogP contribution is -2.60. The number of hydrogen-bond acceptors (Lipinski definition) is 5. The van der Waals surface area contributed by atoms with Crippen molar-refractivity contribution in [2.45, 2.75) is 30.8 Å². The van der Waals surface area contributed by atoms with Gasteiger partial charge in [-0.15, -0.1) is 11.8 Å². The highest BCUT2D eigenvalue weighted by Gasteiger charge is 2.51. The molecule has 0 aliphatic carbocycles. The summed E-state index contributed by atoms with van der Waals surface area (Å²) in [4.78, 5) is 19.0. The maximum Gasteiger partial charge on any atom is 0.289 e. The molecule has 5 nitrogen and oxygen atoms in total.